The van der Waals surface area contributed by atoms with E-state index in [1.54, 1.807) is 30.6 Å². The molecule has 0 aliphatic carbocycles. The number of ether oxygens (including phenoxy) is 1. The largest absolute Gasteiger partial charge is 0.486 e. The topological polar surface area (TPSA) is 177 Å². The number of piperidine rings is 1. The van der Waals surface area contributed by atoms with Gasteiger partial charge in [0, 0.05) is 105 Å². The van der Waals surface area contributed by atoms with Crippen LogP contribution in [0, 0.1) is 5.41 Å². The molecule has 6 amide bonds. The summed E-state index contributed by atoms with van der Waals surface area (Å²) in [5.74, 6) is -0.610. The summed E-state index contributed by atoms with van der Waals surface area (Å²) < 4.78 is 6.23. The number of pyridine rings is 2. The number of H-pyrrole nitrogens is 1. The first-order valence-corrected chi connectivity index (χ1v) is 20.5. The Labute approximate surface area is 353 Å². The number of likely N-dealkylation sites (tertiary alicyclic amines) is 1. The summed E-state index contributed by atoms with van der Waals surface area (Å²) in [5, 5.41) is 11.7. The number of imide groups is 2. The normalized spacial score (nSPS) is 20.3. The number of aromatic amines is 1. The maximum absolute atomic E-state index is 13.5. The third-order valence-electron chi connectivity index (χ3n) is 12.2. The van der Waals surface area contributed by atoms with Crippen molar-refractivity contribution >= 4 is 75.3 Å². The summed E-state index contributed by atoms with van der Waals surface area (Å²) in [4.78, 5) is 81.9. The van der Waals surface area contributed by atoms with Crippen LogP contribution in [0.25, 0.3) is 22.2 Å². The summed E-state index contributed by atoms with van der Waals surface area (Å²) in [5.41, 5.74) is 4.45. The smallest absolute Gasteiger partial charge is 0.320 e. The predicted molar refractivity (Wildman–Crippen MR) is 221 cm³/mol. The number of hydrogen-bond donors (Lipinski definition) is 2. The molecule has 2 atom stereocenters. The molecular weight excluding hydrogens is 811 g/mol. The van der Waals surface area contributed by atoms with E-state index in [9.17, 15) is 24.0 Å². The second-order valence-electron chi connectivity index (χ2n) is 16.1. The zero-order valence-electron chi connectivity index (χ0n) is 32.4. The molecule has 1 unspecified atom stereocenters. The third-order valence-corrected chi connectivity index (χ3v) is 12.8. The highest BCUT2D eigenvalue weighted by atomic mass is 35.5. The number of nitrogens with zero attached hydrogens (tertiary/aromatic N) is 8. The van der Waals surface area contributed by atoms with Crippen molar-refractivity contribution in [3.63, 3.8) is 0 Å². The van der Waals surface area contributed by atoms with E-state index < -0.39 is 35.8 Å². The molecule has 60 heavy (non-hydrogen) atoms. The lowest BCUT2D eigenvalue weighted by atomic mass is 9.73. The lowest BCUT2D eigenvalue weighted by molar-refractivity contribution is -0.136. The molecule has 10 rings (SSSR count). The number of urea groups is 1. The van der Waals surface area contributed by atoms with Crippen LogP contribution in [0.15, 0.2) is 67.1 Å². The fourth-order valence-electron chi connectivity index (χ4n) is 9.11. The van der Waals surface area contributed by atoms with E-state index >= 15 is 0 Å². The lowest BCUT2D eigenvalue weighted by Crippen LogP contribution is -2.74. The lowest BCUT2D eigenvalue weighted by Gasteiger charge is -2.61. The van der Waals surface area contributed by atoms with E-state index in [1.165, 1.54) is 0 Å². The first kappa shape index (κ1) is 38.0. The first-order chi connectivity index (χ1) is 28.9. The molecule has 5 aliphatic rings. The number of hydrogen-bond acceptors (Lipinski definition) is 11. The Morgan fingerprint density at radius 1 is 0.850 bits per heavy atom. The first-order valence-electron chi connectivity index (χ1n) is 19.7. The Bertz CT molecular complexity index is 2600. The van der Waals surface area contributed by atoms with Gasteiger partial charge >= 0.3 is 6.03 Å². The molecule has 0 bridgehead atoms. The van der Waals surface area contributed by atoms with Crippen LogP contribution >= 0.6 is 23.2 Å². The van der Waals surface area contributed by atoms with Crippen LogP contribution in [0.4, 0.5) is 16.3 Å². The molecule has 306 valence electrons. The van der Waals surface area contributed by atoms with Crippen LogP contribution in [-0.2, 0) is 9.59 Å². The summed E-state index contributed by atoms with van der Waals surface area (Å²) >= 11 is 12.7. The Morgan fingerprint density at radius 3 is 2.32 bits per heavy atom. The van der Waals surface area contributed by atoms with Crippen molar-refractivity contribution in [2.75, 3.05) is 62.2 Å². The zero-order valence-corrected chi connectivity index (χ0v) is 33.9. The van der Waals surface area contributed by atoms with Gasteiger partial charge < -0.3 is 24.3 Å². The molecule has 2 N–H and O–H groups in total. The van der Waals surface area contributed by atoms with Crippen molar-refractivity contribution in [2.24, 2.45) is 5.41 Å². The minimum Gasteiger partial charge on any atom is -0.486 e. The maximum atomic E-state index is 13.5. The number of aromatic nitrogens is 4. The number of carbonyl (C=O) groups is 5. The van der Waals surface area contributed by atoms with E-state index in [2.05, 4.69) is 30.3 Å². The molecule has 1 spiro atoms. The molecule has 5 aliphatic heterocycles. The number of fused-ring (bicyclic) bond motifs is 2. The van der Waals surface area contributed by atoms with Crippen molar-refractivity contribution in [3.8, 4) is 17.0 Å². The highest BCUT2D eigenvalue weighted by Gasteiger charge is 2.54. The van der Waals surface area contributed by atoms with Crippen molar-refractivity contribution in [1.82, 2.24) is 40.2 Å². The molecule has 0 saturated carbocycles. The highest BCUT2D eigenvalue weighted by molar-refractivity contribution is 6.35. The number of amides is 6. The molecule has 16 nitrogen and oxygen atoms in total. The SMILES string of the molecule is C[C@@H](Oc1ccc2[nH]nc(-c3ccc(N4CC5(CN(C(=O)N6CCN(c7ccc8c(c7)C(=O)N(C7CCC(=O)NC7=O)C8=O)CC6)C5)C4)nc3)c2c1)c1c(Cl)cncc1Cl. The van der Waals surface area contributed by atoms with Crippen LogP contribution in [0.3, 0.4) is 0 Å². The average molecular weight is 850 g/mol. The van der Waals surface area contributed by atoms with Gasteiger partial charge in [0.15, 0.2) is 0 Å². The van der Waals surface area contributed by atoms with E-state index in [-0.39, 0.29) is 35.4 Å². The summed E-state index contributed by atoms with van der Waals surface area (Å²) in [7, 11) is 0. The van der Waals surface area contributed by atoms with Crippen molar-refractivity contribution in [3.05, 3.63) is 93.9 Å². The molecule has 4 saturated heterocycles. The molecular formula is C42H38Cl2N10O6. The third kappa shape index (κ3) is 6.45. The minimum absolute atomic E-state index is 0.0232. The van der Waals surface area contributed by atoms with E-state index in [0.29, 0.717) is 60.6 Å². The Hall–Kier alpha value is -6.26. The summed E-state index contributed by atoms with van der Waals surface area (Å²) in [6.45, 7) is 7.06. The van der Waals surface area contributed by atoms with Gasteiger partial charge in [-0.05, 0) is 61.9 Å². The fourth-order valence-corrected chi connectivity index (χ4v) is 9.78. The Kier molecular flexibility index (Phi) is 9.17. The average Bonchev–Trinajstić information content (AvgIpc) is 3.74. The molecule has 5 aromatic rings. The number of carbonyl (C=O) groups excluding carboxylic acids is 5. The highest BCUT2D eigenvalue weighted by Crippen LogP contribution is 2.43. The second kappa shape index (κ2) is 14.5. The van der Waals surface area contributed by atoms with Gasteiger partial charge in [-0.3, -0.25) is 39.5 Å². The monoisotopic (exact) mass is 848 g/mol. The standard InChI is InChI=1S/C42H38Cl2N10O6/c1-23(36-30(43)17-45-18-31(36)44)60-26-4-6-32-29(15-26)37(49-48-32)24-2-8-34(46-16-24)52-19-42(20-52)21-53(22-42)41(59)51-12-10-50(11-13-51)25-3-5-27-28(14-25)40(58)54(39(27)57)33-7-9-35(55)47-38(33)56/h2-6,8,14-18,23,33H,7,9-13,19-22H2,1H3,(H,48,49)(H,47,55,56)/t23-,33?/m1/s1. The summed E-state index contributed by atoms with van der Waals surface area (Å²) in [6, 6.07) is 13.9. The van der Waals surface area contributed by atoms with Crippen LogP contribution in [0.2, 0.25) is 10.0 Å². The van der Waals surface area contributed by atoms with Gasteiger partial charge in [-0.2, -0.15) is 5.10 Å². The molecule has 8 heterocycles. The van der Waals surface area contributed by atoms with Gasteiger partial charge in [0.2, 0.25) is 11.8 Å². The van der Waals surface area contributed by atoms with Crippen molar-refractivity contribution in [2.45, 2.75) is 31.9 Å². The Morgan fingerprint density at radius 2 is 1.60 bits per heavy atom. The second-order valence-corrected chi connectivity index (χ2v) is 16.9. The van der Waals surface area contributed by atoms with Gasteiger partial charge in [-0.15, -0.1) is 0 Å². The van der Waals surface area contributed by atoms with Gasteiger partial charge in [0.05, 0.1) is 26.7 Å². The van der Waals surface area contributed by atoms with Crippen LogP contribution in [0.5, 0.6) is 5.75 Å². The quantitative estimate of drug-likeness (QED) is 0.212. The Balaban J connectivity index is 0.714. The molecule has 2 aromatic carbocycles. The van der Waals surface area contributed by atoms with Gasteiger partial charge in [0.25, 0.3) is 11.8 Å². The van der Waals surface area contributed by atoms with Gasteiger partial charge in [-0.25, -0.2) is 9.78 Å². The fraction of sp³-hybridized carbons (Fsp3) is 0.333. The number of anilines is 2. The van der Waals surface area contributed by atoms with E-state index in [4.69, 9.17) is 32.9 Å². The number of halogens is 2. The molecule has 18 heteroatoms. The molecule has 4 fully saturated rings. The van der Waals surface area contributed by atoms with Gasteiger partial charge in [-0.1, -0.05) is 23.2 Å². The molecule has 0 radical (unpaired) electrons. The van der Waals surface area contributed by atoms with E-state index in [1.807, 2.05) is 53.3 Å². The number of rotatable bonds is 7. The number of piperazine rings is 1. The summed E-state index contributed by atoms with van der Waals surface area (Å²) in [6.07, 6.45) is 4.68. The zero-order chi connectivity index (χ0) is 41.4. The van der Waals surface area contributed by atoms with Crippen LogP contribution in [0.1, 0.15) is 52.1 Å². The van der Waals surface area contributed by atoms with Gasteiger partial charge in [0.1, 0.15) is 29.4 Å². The molecule has 3 aromatic heterocycles. The van der Waals surface area contributed by atoms with Crippen LogP contribution in [-0.4, -0.2) is 123 Å². The number of benzene rings is 2. The predicted octanol–water partition coefficient (Wildman–Crippen LogP) is 4.93. The van der Waals surface area contributed by atoms with Crippen molar-refractivity contribution in [1.29, 1.82) is 0 Å². The van der Waals surface area contributed by atoms with Crippen molar-refractivity contribution < 1.29 is 28.7 Å². The van der Waals surface area contributed by atoms with E-state index in [0.717, 1.165) is 51.7 Å². The van der Waals surface area contributed by atoms with Crippen LogP contribution < -0.4 is 19.9 Å². The minimum atomic E-state index is -1.01. The number of nitrogens with one attached hydrogen (secondary N) is 2. The maximum Gasteiger partial charge on any atom is 0.320 e.